The largest absolute Gasteiger partial charge is 0.460 e. The molecule has 1 aromatic heterocycles. The van der Waals surface area contributed by atoms with Crippen LogP contribution in [0.15, 0.2) is 10.4 Å². The van der Waals surface area contributed by atoms with Gasteiger partial charge in [0.15, 0.2) is 11.1 Å². The first-order valence-electron chi connectivity index (χ1n) is 9.49. The molecule has 1 rings (SSSR count). The summed E-state index contributed by atoms with van der Waals surface area (Å²) in [5, 5.41) is 9.65. The lowest BCUT2D eigenvalue weighted by molar-refractivity contribution is -0.154. The van der Waals surface area contributed by atoms with Crippen molar-refractivity contribution in [3.05, 3.63) is 11.1 Å². The highest BCUT2D eigenvalue weighted by molar-refractivity contribution is 7.13. The van der Waals surface area contributed by atoms with E-state index < -0.39 is 5.60 Å². The average Bonchev–Trinajstić information content (AvgIpc) is 3.04. The maximum absolute atomic E-state index is 11.6. The molecular formula is C19H35N5O2S. The van der Waals surface area contributed by atoms with Crippen molar-refractivity contribution in [2.45, 2.75) is 65.0 Å². The number of aliphatic imine (C=N–C) groups is 1. The molecule has 0 aromatic carbocycles. The number of esters is 1. The summed E-state index contributed by atoms with van der Waals surface area (Å²) in [6.07, 6.45) is 4.51. The molecule has 8 heteroatoms. The first-order valence-corrected chi connectivity index (χ1v) is 10.4. The van der Waals surface area contributed by atoms with Gasteiger partial charge in [0.2, 0.25) is 0 Å². The molecule has 0 atom stereocenters. The Balaban J connectivity index is 2.11. The molecule has 0 unspecified atom stereocenters. The third-order valence-corrected chi connectivity index (χ3v) is 4.66. The second kappa shape index (κ2) is 11.8. The number of nitrogens with zero attached hydrogens (tertiary/aromatic N) is 3. The molecule has 0 radical (unpaired) electrons. The van der Waals surface area contributed by atoms with Gasteiger partial charge >= 0.3 is 5.97 Å². The number of guanidine groups is 1. The van der Waals surface area contributed by atoms with Crippen LogP contribution < -0.4 is 15.5 Å². The van der Waals surface area contributed by atoms with E-state index in [1.165, 1.54) is 0 Å². The summed E-state index contributed by atoms with van der Waals surface area (Å²) in [4.78, 5) is 22.4. The first-order chi connectivity index (χ1) is 12.7. The maximum Gasteiger partial charge on any atom is 0.306 e. The van der Waals surface area contributed by atoms with E-state index in [0.29, 0.717) is 13.0 Å². The minimum absolute atomic E-state index is 0.107. The van der Waals surface area contributed by atoms with Gasteiger partial charge in [-0.3, -0.25) is 9.79 Å². The van der Waals surface area contributed by atoms with E-state index in [2.05, 4.69) is 26.0 Å². The van der Waals surface area contributed by atoms with E-state index in [4.69, 9.17) is 4.74 Å². The van der Waals surface area contributed by atoms with Gasteiger partial charge < -0.3 is 20.3 Å². The smallest absolute Gasteiger partial charge is 0.306 e. The van der Waals surface area contributed by atoms with E-state index in [1.807, 2.05) is 39.8 Å². The average molecular weight is 398 g/mol. The Morgan fingerprint density at radius 1 is 1.22 bits per heavy atom. The van der Waals surface area contributed by atoms with Crippen LogP contribution >= 0.6 is 11.3 Å². The molecule has 1 aromatic rings. The van der Waals surface area contributed by atoms with Gasteiger partial charge in [0.05, 0.1) is 12.2 Å². The normalized spacial score (nSPS) is 12.0. The number of carbonyl (C=O) groups is 1. The van der Waals surface area contributed by atoms with Crippen LogP contribution in [0.3, 0.4) is 0 Å². The van der Waals surface area contributed by atoms with E-state index >= 15 is 0 Å². The Hall–Kier alpha value is -1.83. The third-order valence-electron chi connectivity index (χ3n) is 3.60. The Labute approximate surface area is 167 Å². The van der Waals surface area contributed by atoms with Gasteiger partial charge in [-0.05, 0) is 33.6 Å². The predicted molar refractivity (Wildman–Crippen MR) is 114 cm³/mol. The van der Waals surface area contributed by atoms with Gasteiger partial charge in [0.25, 0.3) is 0 Å². The summed E-state index contributed by atoms with van der Waals surface area (Å²) in [5.74, 6) is 0.674. The van der Waals surface area contributed by atoms with Gasteiger partial charge in [-0.1, -0.05) is 12.8 Å². The zero-order valence-corrected chi connectivity index (χ0v) is 18.4. The first kappa shape index (κ1) is 23.2. The zero-order chi connectivity index (χ0) is 20.3. The van der Waals surface area contributed by atoms with E-state index in [9.17, 15) is 4.79 Å². The minimum atomic E-state index is -0.392. The van der Waals surface area contributed by atoms with Crippen molar-refractivity contribution in [1.29, 1.82) is 0 Å². The second-order valence-electron chi connectivity index (χ2n) is 7.62. The lowest BCUT2D eigenvalue weighted by Crippen LogP contribution is -2.37. The summed E-state index contributed by atoms with van der Waals surface area (Å²) in [5.41, 5.74) is 0.616. The van der Waals surface area contributed by atoms with Crippen molar-refractivity contribution in [2.24, 2.45) is 4.99 Å². The number of nitrogens with one attached hydrogen (secondary N) is 2. The fraction of sp³-hybridized carbons (Fsp3) is 0.737. The molecule has 0 bridgehead atoms. The molecule has 0 aliphatic rings. The standard InChI is InChI=1S/C19H35N5O2S/c1-19(2,3)26-16(25)11-9-7-8-10-12-21-17(20-4)22-13-15-14-27-18(23-15)24(5)6/h14H,7-13H2,1-6H3,(H2,20,21,22). The molecule has 0 amide bonds. The molecule has 1 heterocycles. The van der Waals surface area contributed by atoms with Gasteiger partial charge in [0.1, 0.15) is 5.60 Å². The molecule has 0 aliphatic carbocycles. The van der Waals surface area contributed by atoms with Crippen LogP contribution in [0.5, 0.6) is 0 Å². The van der Waals surface area contributed by atoms with E-state index in [0.717, 1.165) is 49.0 Å². The monoisotopic (exact) mass is 397 g/mol. The lowest BCUT2D eigenvalue weighted by atomic mass is 10.1. The van der Waals surface area contributed by atoms with Crippen molar-refractivity contribution in [3.8, 4) is 0 Å². The van der Waals surface area contributed by atoms with Gasteiger partial charge in [0, 0.05) is 39.5 Å². The summed E-state index contributed by atoms with van der Waals surface area (Å²) in [7, 11) is 5.75. The van der Waals surface area contributed by atoms with Crippen LogP contribution in [0.1, 0.15) is 58.6 Å². The minimum Gasteiger partial charge on any atom is -0.460 e. The SMILES string of the molecule is CN=C(NCCCCCCC(=O)OC(C)(C)C)NCc1csc(N(C)C)n1. The van der Waals surface area contributed by atoms with Crippen LogP contribution in [0.2, 0.25) is 0 Å². The number of unbranched alkanes of at least 4 members (excludes halogenated alkanes) is 3. The van der Waals surface area contributed by atoms with E-state index in [-0.39, 0.29) is 5.97 Å². The number of ether oxygens (including phenoxy) is 1. The number of carbonyl (C=O) groups excluding carboxylic acids is 1. The molecule has 27 heavy (non-hydrogen) atoms. The zero-order valence-electron chi connectivity index (χ0n) is 17.6. The van der Waals surface area contributed by atoms with Gasteiger partial charge in [-0.2, -0.15) is 0 Å². The van der Waals surface area contributed by atoms with Gasteiger partial charge in [-0.25, -0.2) is 4.98 Å². The fourth-order valence-electron chi connectivity index (χ4n) is 2.32. The highest BCUT2D eigenvalue weighted by atomic mass is 32.1. The molecule has 7 nitrogen and oxygen atoms in total. The highest BCUT2D eigenvalue weighted by Gasteiger charge is 2.15. The molecule has 0 saturated heterocycles. The topological polar surface area (TPSA) is 78.8 Å². The van der Waals surface area contributed by atoms with Crippen molar-refractivity contribution in [3.63, 3.8) is 0 Å². The molecule has 0 fully saturated rings. The lowest BCUT2D eigenvalue weighted by Gasteiger charge is -2.19. The van der Waals surface area contributed by atoms with Crippen molar-refractivity contribution < 1.29 is 9.53 Å². The molecule has 0 aliphatic heterocycles. The number of anilines is 1. The maximum atomic E-state index is 11.6. The van der Waals surface area contributed by atoms with Gasteiger partial charge in [-0.15, -0.1) is 11.3 Å². The van der Waals surface area contributed by atoms with Crippen molar-refractivity contribution in [1.82, 2.24) is 15.6 Å². The summed E-state index contributed by atoms with van der Waals surface area (Å²) < 4.78 is 5.31. The predicted octanol–water partition coefficient (Wildman–Crippen LogP) is 3.17. The number of thiazole rings is 1. The number of hydrogen-bond donors (Lipinski definition) is 2. The molecule has 0 spiro atoms. The third kappa shape index (κ3) is 10.8. The van der Waals surface area contributed by atoms with Crippen LogP contribution in [-0.2, 0) is 16.1 Å². The Kier molecular flexibility index (Phi) is 10.1. The number of hydrogen-bond acceptors (Lipinski definition) is 6. The van der Waals surface area contributed by atoms with Crippen LogP contribution in [0.25, 0.3) is 0 Å². The van der Waals surface area contributed by atoms with Crippen LogP contribution in [0.4, 0.5) is 5.13 Å². The number of aromatic nitrogens is 1. The number of rotatable bonds is 10. The summed E-state index contributed by atoms with van der Waals surface area (Å²) in [6.45, 7) is 7.19. The van der Waals surface area contributed by atoms with E-state index in [1.54, 1.807) is 18.4 Å². The quantitative estimate of drug-likeness (QED) is 0.273. The molecular weight excluding hydrogens is 362 g/mol. The fourth-order valence-corrected chi connectivity index (χ4v) is 3.08. The van der Waals surface area contributed by atoms with Crippen LogP contribution in [0, 0.1) is 0 Å². The Morgan fingerprint density at radius 2 is 1.93 bits per heavy atom. The van der Waals surface area contributed by atoms with Crippen LogP contribution in [-0.4, -0.2) is 50.2 Å². The highest BCUT2D eigenvalue weighted by Crippen LogP contribution is 2.17. The Bertz CT molecular complexity index is 593. The summed E-state index contributed by atoms with van der Waals surface area (Å²) in [6, 6.07) is 0. The van der Waals surface area contributed by atoms with Crippen molar-refractivity contribution in [2.75, 3.05) is 32.6 Å². The molecule has 0 saturated carbocycles. The van der Waals surface area contributed by atoms with Crippen molar-refractivity contribution >= 4 is 28.4 Å². The second-order valence-corrected chi connectivity index (χ2v) is 8.46. The Morgan fingerprint density at radius 3 is 2.52 bits per heavy atom. The molecule has 2 N–H and O–H groups in total. The summed E-state index contributed by atoms with van der Waals surface area (Å²) >= 11 is 1.63. The molecule has 154 valence electrons.